The maximum Gasteiger partial charge on any atom is 0.339 e. The van der Waals surface area contributed by atoms with Crippen LogP contribution < -0.4 is 10.4 Å². The number of benzene rings is 1. The van der Waals surface area contributed by atoms with Crippen LogP contribution in [0.4, 0.5) is 0 Å². The number of hydrogen-bond donors (Lipinski definition) is 0. The SMILES string of the molecule is CC(C)=CCOc1cc2oc(=O)c3c(c2cc1Cl)CCC3. The van der Waals surface area contributed by atoms with E-state index >= 15 is 0 Å². The molecule has 0 saturated heterocycles. The van der Waals surface area contributed by atoms with Crippen molar-refractivity contribution in [1.29, 1.82) is 0 Å². The molecule has 0 aliphatic heterocycles. The zero-order valence-corrected chi connectivity index (χ0v) is 12.9. The van der Waals surface area contributed by atoms with Gasteiger partial charge in [0, 0.05) is 17.0 Å². The molecule has 0 atom stereocenters. The number of halogens is 1. The largest absolute Gasteiger partial charge is 0.488 e. The molecule has 21 heavy (non-hydrogen) atoms. The summed E-state index contributed by atoms with van der Waals surface area (Å²) in [5.74, 6) is 0.544. The van der Waals surface area contributed by atoms with Gasteiger partial charge in [0.15, 0.2) is 0 Å². The van der Waals surface area contributed by atoms with Crippen LogP contribution in [0.1, 0.15) is 31.4 Å². The molecule has 2 aromatic rings. The second-order valence-corrected chi connectivity index (χ2v) is 5.98. The first-order chi connectivity index (χ1) is 10.1. The van der Waals surface area contributed by atoms with E-state index in [2.05, 4.69) is 0 Å². The van der Waals surface area contributed by atoms with E-state index in [4.69, 9.17) is 20.8 Å². The lowest BCUT2D eigenvalue weighted by Crippen LogP contribution is -2.07. The smallest absolute Gasteiger partial charge is 0.339 e. The van der Waals surface area contributed by atoms with E-state index < -0.39 is 0 Å². The summed E-state index contributed by atoms with van der Waals surface area (Å²) in [6.45, 7) is 4.46. The number of rotatable bonds is 3. The third kappa shape index (κ3) is 2.70. The molecule has 4 heteroatoms. The molecule has 0 spiro atoms. The molecule has 0 fully saturated rings. The minimum Gasteiger partial charge on any atom is -0.488 e. The van der Waals surface area contributed by atoms with Gasteiger partial charge in [-0.2, -0.15) is 0 Å². The van der Waals surface area contributed by atoms with Crippen molar-refractivity contribution >= 4 is 22.6 Å². The Balaban J connectivity index is 2.06. The van der Waals surface area contributed by atoms with Gasteiger partial charge in [0.25, 0.3) is 0 Å². The number of fused-ring (bicyclic) bond motifs is 3. The standard InChI is InChI=1S/C17H17ClO3/c1-10(2)6-7-20-16-9-15-13(8-14(16)18)11-4-3-5-12(11)17(19)21-15/h6,8-9H,3-5,7H2,1-2H3. The first-order valence-corrected chi connectivity index (χ1v) is 7.48. The summed E-state index contributed by atoms with van der Waals surface area (Å²) in [5.41, 5.74) is 3.39. The molecule has 1 aromatic heterocycles. The molecule has 1 heterocycles. The van der Waals surface area contributed by atoms with Gasteiger partial charge < -0.3 is 9.15 Å². The van der Waals surface area contributed by atoms with Gasteiger partial charge in [-0.25, -0.2) is 4.79 Å². The number of hydrogen-bond acceptors (Lipinski definition) is 3. The molecule has 1 aliphatic carbocycles. The van der Waals surface area contributed by atoms with Gasteiger partial charge in [0.05, 0.1) is 5.02 Å². The Hall–Kier alpha value is -1.74. The highest BCUT2D eigenvalue weighted by atomic mass is 35.5. The Kier molecular flexibility index (Phi) is 3.77. The number of aryl methyl sites for hydroxylation is 1. The third-order valence-electron chi connectivity index (χ3n) is 3.76. The van der Waals surface area contributed by atoms with Crippen molar-refractivity contribution in [2.45, 2.75) is 33.1 Å². The van der Waals surface area contributed by atoms with Gasteiger partial charge in [0.1, 0.15) is 17.9 Å². The summed E-state index contributed by atoms with van der Waals surface area (Å²) in [6.07, 6.45) is 4.67. The first kappa shape index (κ1) is 14.2. The van der Waals surface area contributed by atoms with Crippen LogP contribution >= 0.6 is 11.6 Å². The molecule has 0 saturated carbocycles. The van der Waals surface area contributed by atoms with Crippen LogP contribution in [0.25, 0.3) is 11.0 Å². The third-order valence-corrected chi connectivity index (χ3v) is 4.05. The number of ether oxygens (including phenoxy) is 1. The van der Waals surface area contributed by atoms with Crippen molar-refractivity contribution < 1.29 is 9.15 Å². The van der Waals surface area contributed by atoms with Crippen LogP contribution in [0.2, 0.25) is 5.02 Å². The van der Waals surface area contributed by atoms with Gasteiger partial charge in [-0.3, -0.25) is 0 Å². The lowest BCUT2D eigenvalue weighted by Gasteiger charge is -2.09. The molecule has 110 valence electrons. The molecule has 0 radical (unpaired) electrons. The van der Waals surface area contributed by atoms with Crippen molar-refractivity contribution in [1.82, 2.24) is 0 Å². The van der Waals surface area contributed by atoms with E-state index in [1.165, 1.54) is 5.57 Å². The zero-order valence-electron chi connectivity index (χ0n) is 12.2. The van der Waals surface area contributed by atoms with E-state index in [1.807, 2.05) is 26.0 Å². The summed E-state index contributed by atoms with van der Waals surface area (Å²) in [7, 11) is 0. The summed E-state index contributed by atoms with van der Waals surface area (Å²) in [4.78, 5) is 12.0. The Morgan fingerprint density at radius 2 is 2.10 bits per heavy atom. The average Bonchev–Trinajstić information content (AvgIpc) is 2.90. The average molecular weight is 305 g/mol. The summed E-state index contributed by atoms with van der Waals surface area (Å²) < 4.78 is 11.1. The van der Waals surface area contributed by atoms with Crippen molar-refractivity contribution in [3.8, 4) is 5.75 Å². The summed E-state index contributed by atoms with van der Waals surface area (Å²) in [5, 5.41) is 1.48. The van der Waals surface area contributed by atoms with Crippen molar-refractivity contribution in [2.24, 2.45) is 0 Å². The fourth-order valence-corrected chi connectivity index (χ4v) is 2.91. The topological polar surface area (TPSA) is 39.4 Å². The Bertz CT molecular complexity index is 783. The Morgan fingerprint density at radius 3 is 2.86 bits per heavy atom. The molecular weight excluding hydrogens is 288 g/mol. The van der Waals surface area contributed by atoms with Crippen LogP contribution in [-0.2, 0) is 12.8 Å². The van der Waals surface area contributed by atoms with Crippen LogP contribution in [-0.4, -0.2) is 6.61 Å². The molecule has 1 aliphatic rings. The van der Waals surface area contributed by atoms with Gasteiger partial charge >= 0.3 is 5.63 Å². The fourth-order valence-electron chi connectivity index (χ4n) is 2.69. The first-order valence-electron chi connectivity index (χ1n) is 7.10. The molecule has 0 unspecified atom stereocenters. The fraction of sp³-hybridized carbons (Fsp3) is 0.353. The van der Waals surface area contributed by atoms with Crippen molar-refractivity contribution in [3.05, 3.63) is 50.4 Å². The lowest BCUT2D eigenvalue weighted by molar-refractivity contribution is 0.362. The van der Waals surface area contributed by atoms with Crippen molar-refractivity contribution in [2.75, 3.05) is 6.61 Å². The monoisotopic (exact) mass is 304 g/mol. The minimum absolute atomic E-state index is 0.229. The van der Waals surface area contributed by atoms with E-state index in [-0.39, 0.29) is 5.63 Å². The molecule has 0 amide bonds. The predicted molar refractivity (Wildman–Crippen MR) is 84.4 cm³/mol. The maximum absolute atomic E-state index is 12.0. The molecule has 3 rings (SSSR count). The number of allylic oxidation sites excluding steroid dienone is 1. The second-order valence-electron chi connectivity index (χ2n) is 5.57. The zero-order chi connectivity index (χ0) is 15.0. The lowest BCUT2D eigenvalue weighted by atomic mass is 10.1. The van der Waals surface area contributed by atoms with Gasteiger partial charge in [-0.05, 0) is 50.8 Å². The molecule has 0 bridgehead atoms. The molecule has 1 aromatic carbocycles. The molecule has 0 N–H and O–H groups in total. The van der Waals surface area contributed by atoms with Crippen LogP contribution in [0.5, 0.6) is 5.75 Å². The van der Waals surface area contributed by atoms with Gasteiger partial charge in [0.2, 0.25) is 0 Å². The van der Waals surface area contributed by atoms with Gasteiger partial charge in [-0.1, -0.05) is 17.2 Å². The highest BCUT2D eigenvalue weighted by molar-refractivity contribution is 6.32. The highest BCUT2D eigenvalue weighted by Crippen LogP contribution is 2.34. The second kappa shape index (κ2) is 5.57. The van der Waals surface area contributed by atoms with E-state index in [1.54, 1.807) is 6.07 Å². The molecular formula is C17H17ClO3. The summed E-state index contributed by atoms with van der Waals surface area (Å²) in [6, 6.07) is 3.57. The Morgan fingerprint density at radius 1 is 1.33 bits per heavy atom. The van der Waals surface area contributed by atoms with E-state index in [0.717, 1.165) is 35.8 Å². The van der Waals surface area contributed by atoms with Crippen molar-refractivity contribution in [3.63, 3.8) is 0 Å². The van der Waals surface area contributed by atoms with E-state index in [0.29, 0.717) is 23.0 Å². The highest BCUT2D eigenvalue weighted by Gasteiger charge is 2.20. The minimum atomic E-state index is -0.229. The van der Waals surface area contributed by atoms with Gasteiger partial charge in [-0.15, -0.1) is 0 Å². The summed E-state index contributed by atoms with van der Waals surface area (Å²) >= 11 is 6.29. The van der Waals surface area contributed by atoms with Crippen LogP contribution in [0.3, 0.4) is 0 Å². The normalized spacial score (nSPS) is 13.3. The Labute approximate surface area is 128 Å². The predicted octanol–water partition coefficient (Wildman–Crippen LogP) is 4.28. The van der Waals surface area contributed by atoms with Crippen LogP contribution in [0, 0.1) is 0 Å². The quantitative estimate of drug-likeness (QED) is 0.627. The van der Waals surface area contributed by atoms with E-state index in [9.17, 15) is 4.79 Å². The maximum atomic E-state index is 12.0. The van der Waals surface area contributed by atoms with Crippen LogP contribution in [0.15, 0.2) is 33.0 Å². The molecule has 3 nitrogen and oxygen atoms in total.